The number of piperazine rings is 1. The second kappa shape index (κ2) is 6.74. The minimum absolute atomic E-state index is 0.265. The number of hydrogen-bond donors (Lipinski definition) is 0. The van der Waals surface area contributed by atoms with E-state index in [0.29, 0.717) is 47.9 Å². The molecule has 110 valence electrons. The van der Waals surface area contributed by atoms with Gasteiger partial charge >= 0.3 is 6.09 Å². The van der Waals surface area contributed by atoms with Crippen molar-refractivity contribution >= 4 is 46.6 Å². The molecule has 0 spiro atoms. The highest BCUT2D eigenvalue weighted by Gasteiger charge is 2.22. The number of halogens is 3. The van der Waals surface area contributed by atoms with Crippen molar-refractivity contribution in [2.45, 2.75) is 6.92 Å². The third-order valence-electron chi connectivity index (χ3n) is 3.14. The SMILES string of the molecule is CCOC(=O)N1CCN(c2cc(Cl)c(Cl)c(Cl)c2)CC1. The van der Waals surface area contributed by atoms with E-state index in [4.69, 9.17) is 39.5 Å². The van der Waals surface area contributed by atoms with Crippen LogP contribution < -0.4 is 4.90 Å². The van der Waals surface area contributed by atoms with Gasteiger partial charge in [-0.2, -0.15) is 0 Å². The van der Waals surface area contributed by atoms with Gasteiger partial charge < -0.3 is 14.5 Å². The molecule has 0 atom stereocenters. The molecule has 1 aliphatic heterocycles. The normalized spacial score (nSPS) is 15.4. The van der Waals surface area contributed by atoms with Crippen molar-refractivity contribution in [3.63, 3.8) is 0 Å². The summed E-state index contributed by atoms with van der Waals surface area (Å²) in [5, 5.41) is 1.23. The Morgan fingerprint density at radius 3 is 2.20 bits per heavy atom. The lowest BCUT2D eigenvalue weighted by atomic mass is 10.2. The largest absolute Gasteiger partial charge is 0.450 e. The highest BCUT2D eigenvalue weighted by atomic mass is 35.5. The van der Waals surface area contributed by atoms with Crippen molar-refractivity contribution < 1.29 is 9.53 Å². The predicted octanol–water partition coefficient (Wildman–Crippen LogP) is 3.93. The van der Waals surface area contributed by atoms with Gasteiger partial charge in [-0.05, 0) is 19.1 Å². The van der Waals surface area contributed by atoms with E-state index in [2.05, 4.69) is 4.90 Å². The highest BCUT2D eigenvalue weighted by molar-refractivity contribution is 6.48. The van der Waals surface area contributed by atoms with E-state index in [9.17, 15) is 4.79 Å². The van der Waals surface area contributed by atoms with Gasteiger partial charge in [0.2, 0.25) is 0 Å². The first-order valence-electron chi connectivity index (χ1n) is 6.34. The van der Waals surface area contributed by atoms with Gasteiger partial charge in [0.25, 0.3) is 0 Å². The van der Waals surface area contributed by atoms with E-state index in [1.54, 1.807) is 24.0 Å². The van der Waals surface area contributed by atoms with Gasteiger partial charge in [-0.3, -0.25) is 0 Å². The number of nitrogens with zero attached hydrogens (tertiary/aromatic N) is 2. The van der Waals surface area contributed by atoms with Crippen LogP contribution in [0.15, 0.2) is 12.1 Å². The van der Waals surface area contributed by atoms with E-state index < -0.39 is 0 Å². The summed E-state index contributed by atoms with van der Waals surface area (Å²) in [5.41, 5.74) is 0.910. The lowest BCUT2D eigenvalue weighted by molar-refractivity contribution is 0.105. The molecule has 2 rings (SSSR count). The summed E-state index contributed by atoms with van der Waals surface area (Å²) in [6, 6.07) is 3.57. The summed E-state index contributed by atoms with van der Waals surface area (Å²) in [5.74, 6) is 0. The van der Waals surface area contributed by atoms with Crippen LogP contribution in [0.25, 0.3) is 0 Å². The zero-order chi connectivity index (χ0) is 14.7. The van der Waals surface area contributed by atoms with Crippen molar-refractivity contribution in [1.82, 2.24) is 4.90 Å². The molecule has 0 N–H and O–H groups in total. The first-order valence-corrected chi connectivity index (χ1v) is 7.47. The lowest BCUT2D eigenvalue weighted by Crippen LogP contribution is -2.49. The third-order valence-corrected chi connectivity index (χ3v) is 4.34. The molecular weight excluding hydrogens is 323 g/mol. The monoisotopic (exact) mass is 336 g/mol. The number of benzene rings is 1. The minimum Gasteiger partial charge on any atom is -0.450 e. The zero-order valence-corrected chi connectivity index (χ0v) is 13.3. The lowest BCUT2D eigenvalue weighted by Gasteiger charge is -2.35. The van der Waals surface area contributed by atoms with Gasteiger partial charge in [0.05, 0.1) is 21.7 Å². The molecule has 0 bridgehead atoms. The van der Waals surface area contributed by atoms with Crippen LogP contribution in [-0.2, 0) is 4.74 Å². The van der Waals surface area contributed by atoms with Crippen LogP contribution in [0.4, 0.5) is 10.5 Å². The second-order valence-electron chi connectivity index (χ2n) is 4.40. The maximum absolute atomic E-state index is 11.6. The summed E-state index contributed by atoms with van der Waals surface area (Å²) < 4.78 is 4.99. The van der Waals surface area contributed by atoms with Crippen LogP contribution in [-0.4, -0.2) is 43.8 Å². The predicted molar refractivity (Wildman–Crippen MR) is 82.3 cm³/mol. The Hall–Kier alpha value is -0.840. The Bertz CT molecular complexity index is 479. The van der Waals surface area contributed by atoms with Crippen molar-refractivity contribution in [3.05, 3.63) is 27.2 Å². The molecule has 4 nitrogen and oxygen atoms in total. The Labute approximate surface area is 133 Å². The Morgan fingerprint density at radius 2 is 1.70 bits per heavy atom. The number of carbonyl (C=O) groups excluding carboxylic acids is 1. The molecule has 1 fully saturated rings. The quantitative estimate of drug-likeness (QED) is 0.767. The Balaban J connectivity index is 2.02. The van der Waals surface area contributed by atoms with E-state index in [1.807, 2.05) is 0 Å². The van der Waals surface area contributed by atoms with Crippen LogP contribution in [0.3, 0.4) is 0 Å². The smallest absolute Gasteiger partial charge is 0.409 e. The molecule has 1 aliphatic rings. The van der Waals surface area contributed by atoms with Crippen LogP contribution >= 0.6 is 34.8 Å². The first-order chi connectivity index (χ1) is 9.52. The van der Waals surface area contributed by atoms with Crippen molar-refractivity contribution in [2.24, 2.45) is 0 Å². The fraction of sp³-hybridized carbons (Fsp3) is 0.462. The number of carbonyl (C=O) groups is 1. The maximum atomic E-state index is 11.6. The molecule has 1 aromatic carbocycles. The van der Waals surface area contributed by atoms with Gasteiger partial charge in [-0.1, -0.05) is 34.8 Å². The molecule has 0 radical (unpaired) electrons. The number of rotatable bonds is 2. The molecule has 0 aliphatic carbocycles. The zero-order valence-electron chi connectivity index (χ0n) is 11.0. The third kappa shape index (κ3) is 3.43. The minimum atomic E-state index is -0.265. The van der Waals surface area contributed by atoms with E-state index in [0.717, 1.165) is 5.69 Å². The summed E-state index contributed by atoms with van der Waals surface area (Å²) in [7, 11) is 0. The van der Waals surface area contributed by atoms with Crippen LogP contribution in [0, 0.1) is 0 Å². The fourth-order valence-corrected chi connectivity index (χ4v) is 2.67. The van der Waals surface area contributed by atoms with Gasteiger partial charge in [0, 0.05) is 31.9 Å². The molecule has 0 saturated carbocycles. The number of ether oxygens (including phenoxy) is 1. The van der Waals surface area contributed by atoms with Crippen LogP contribution in [0.5, 0.6) is 0 Å². The highest BCUT2D eigenvalue weighted by Crippen LogP contribution is 2.34. The molecule has 20 heavy (non-hydrogen) atoms. The van der Waals surface area contributed by atoms with E-state index >= 15 is 0 Å². The average molecular weight is 338 g/mol. The van der Waals surface area contributed by atoms with Crippen molar-refractivity contribution in [3.8, 4) is 0 Å². The molecule has 1 amide bonds. The summed E-state index contributed by atoms with van der Waals surface area (Å²) in [6.45, 7) is 4.81. The standard InChI is InChI=1S/C13H15Cl3N2O2/c1-2-20-13(19)18-5-3-17(4-6-18)9-7-10(14)12(16)11(15)8-9/h7-8H,2-6H2,1H3. The Morgan fingerprint density at radius 1 is 1.15 bits per heavy atom. The summed E-state index contributed by atoms with van der Waals surface area (Å²) >= 11 is 18.0. The second-order valence-corrected chi connectivity index (χ2v) is 5.59. The number of anilines is 1. The molecule has 1 heterocycles. The van der Waals surface area contributed by atoms with Crippen molar-refractivity contribution in [2.75, 3.05) is 37.7 Å². The maximum Gasteiger partial charge on any atom is 0.409 e. The van der Waals surface area contributed by atoms with Gasteiger partial charge in [-0.25, -0.2) is 4.79 Å². The van der Waals surface area contributed by atoms with Gasteiger partial charge in [0.15, 0.2) is 0 Å². The molecular formula is C13H15Cl3N2O2. The van der Waals surface area contributed by atoms with Crippen molar-refractivity contribution in [1.29, 1.82) is 0 Å². The number of amides is 1. The van der Waals surface area contributed by atoms with Gasteiger partial charge in [0.1, 0.15) is 0 Å². The van der Waals surface area contributed by atoms with E-state index in [1.165, 1.54) is 0 Å². The molecule has 0 aromatic heterocycles. The number of hydrogen-bond acceptors (Lipinski definition) is 3. The molecule has 1 aromatic rings. The molecule has 0 unspecified atom stereocenters. The van der Waals surface area contributed by atoms with Crippen LogP contribution in [0.2, 0.25) is 15.1 Å². The molecule has 7 heteroatoms. The summed E-state index contributed by atoms with van der Waals surface area (Å²) in [6.07, 6.45) is -0.265. The van der Waals surface area contributed by atoms with E-state index in [-0.39, 0.29) is 6.09 Å². The van der Waals surface area contributed by atoms with Gasteiger partial charge in [-0.15, -0.1) is 0 Å². The first kappa shape index (κ1) is 15.5. The Kier molecular flexibility index (Phi) is 5.24. The average Bonchev–Trinajstić information content (AvgIpc) is 2.44. The van der Waals surface area contributed by atoms with Crippen LogP contribution in [0.1, 0.15) is 6.92 Å². The fourth-order valence-electron chi connectivity index (χ4n) is 2.09. The topological polar surface area (TPSA) is 32.8 Å². The summed E-state index contributed by atoms with van der Waals surface area (Å²) in [4.78, 5) is 15.4. The molecule has 1 saturated heterocycles.